The van der Waals surface area contributed by atoms with Gasteiger partial charge in [0.25, 0.3) is 0 Å². The van der Waals surface area contributed by atoms with E-state index in [0.717, 1.165) is 5.56 Å². The number of aromatic hydroxyl groups is 3. The Hall–Kier alpha value is -2.46. The average molecular weight is 258 g/mol. The second-order valence-electron chi connectivity index (χ2n) is 4.16. The fourth-order valence-corrected chi connectivity index (χ4v) is 1.72. The Balaban J connectivity index is 2.24. The Morgan fingerprint density at radius 2 is 1.42 bits per heavy atom. The predicted octanol–water partition coefficient (Wildman–Crippen LogP) is 2.47. The van der Waals surface area contributed by atoms with Crippen LogP contribution in [0.4, 0.5) is 0 Å². The van der Waals surface area contributed by atoms with Crippen LogP contribution in [-0.4, -0.2) is 20.4 Å². The molecule has 0 amide bonds. The van der Waals surface area contributed by atoms with Gasteiger partial charge < -0.3 is 20.4 Å². The van der Waals surface area contributed by atoms with Crippen molar-refractivity contribution in [1.29, 1.82) is 0 Å². The SMILES string of the molecule is OCc1ccc(/C=C/c2cc(O)cc(O)c2)cc1O. The van der Waals surface area contributed by atoms with Crippen molar-refractivity contribution < 1.29 is 20.4 Å². The van der Waals surface area contributed by atoms with Crippen molar-refractivity contribution in [3.05, 3.63) is 53.1 Å². The molecule has 4 nitrogen and oxygen atoms in total. The Morgan fingerprint density at radius 1 is 0.789 bits per heavy atom. The molecule has 0 bridgehead atoms. The third-order valence-electron chi connectivity index (χ3n) is 2.67. The molecule has 0 fully saturated rings. The summed E-state index contributed by atoms with van der Waals surface area (Å²) in [5, 5.41) is 37.2. The van der Waals surface area contributed by atoms with Gasteiger partial charge in [0, 0.05) is 11.6 Å². The number of rotatable bonds is 3. The quantitative estimate of drug-likeness (QED) is 0.637. The second kappa shape index (κ2) is 5.46. The molecule has 2 aromatic rings. The van der Waals surface area contributed by atoms with Gasteiger partial charge in [0.2, 0.25) is 0 Å². The Morgan fingerprint density at radius 3 is 2.00 bits per heavy atom. The summed E-state index contributed by atoms with van der Waals surface area (Å²) in [4.78, 5) is 0. The highest BCUT2D eigenvalue weighted by Gasteiger charge is 2.00. The van der Waals surface area contributed by atoms with Gasteiger partial charge in [-0.15, -0.1) is 0 Å². The van der Waals surface area contributed by atoms with E-state index >= 15 is 0 Å². The molecule has 2 rings (SSSR count). The number of hydrogen-bond donors (Lipinski definition) is 4. The third kappa shape index (κ3) is 3.26. The van der Waals surface area contributed by atoms with E-state index < -0.39 is 0 Å². The Labute approximate surface area is 110 Å². The molecule has 0 aliphatic heterocycles. The highest BCUT2D eigenvalue weighted by molar-refractivity contribution is 5.71. The van der Waals surface area contributed by atoms with Crippen LogP contribution in [-0.2, 0) is 6.61 Å². The first-order chi connectivity index (χ1) is 9.08. The summed E-state index contributed by atoms with van der Waals surface area (Å²) in [6.07, 6.45) is 3.43. The van der Waals surface area contributed by atoms with Gasteiger partial charge in [-0.25, -0.2) is 0 Å². The van der Waals surface area contributed by atoms with Gasteiger partial charge in [-0.05, 0) is 29.3 Å². The lowest BCUT2D eigenvalue weighted by Crippen LogP contribution is -1.84. The first kappa shape index (κ1) is 13.0. The zero-order valence-electron chi connectivity index (χ0n) is 10.1. The molecular weight excluding hydrogens is 244 g/mol. The number of aliphatic hydroxyl groups is 1. The van der Waals surface area contributed by atoms with Crippen molar-refractivity contribution in [2.45, 2.75) is 6.61 Å². The van der Waals surface area contributed by atoms with Crippen LogP contribution in [0.3, 0.4) is 0 Å². The fourth-order valence-electron chi connectivity index (χ4n) is 1.72. The number of phenolic OH excluding ortho intramolecular Hbond substituents is 2. The van der Waals surface area contributed by atoms with Gasteiger partial charge in [-0.3, -0.25) is 0 Å². The van der Waals surface area contributed by atoms with Crippen LogP contribution in [0.5, 0.6) is 17.2 Å². The molecule has 19 heavy (non-hydrogen) atoms. The van der Waals surface area contributed by atoms with Crippen LogP contribution in [0.1, 0.15) is 16.7 Å². The number of benzene rings is 2. The molecule has 0 radical (unpaired) electrons. The van der Waals surface area contributed by atoms with Gasteiger partial charge in [-0.2, -0.15) is 0 Å². The molecule has 0 aliphatic rings. The molecule has 2 aromatic carbocycles. The second-order valence-corrected chi connectivity index (χ2v) is 4.16. The summed E-state index contributed by atoms with van der Waals surface area (Å²) < 4.78 is 0. The lowest BCUT2D eigenvalue weighted by molar-refractivity contribution is 0.275. The van der Waals surface area contributed by atoms with E-state index in [0.29, 0.717) is 11.1 Å². The Bertz CT molecular complexity index is 597. The maximum absolute atomic E-state index is 9.60. The first-order valence-corrected chi connectivity index (χ1v) is 5.72. The summed E-state index contributed by atoms with van der Waals surface area (Å²) in [6, 6.07) is 9.19. The van der Waals surface area contributed by atoms with Crippen LogP contribution < -0.4 is 0 Å². The molecule has 98 valence electrons. The number of hydrogen-bond acceptors (Lipinski definition) is 4. The monoisotopic (exact) mass is 258 g/mol. The van der Waals surface area contributed by atoms with Crippen molar-refractivity contribution in [1.82, 2.24) is 0 Å². The highest BCUT2D eigenvalue weighted by atomic mass is 16.3. The number of aliphatic hydroxyl groups excluding tert-OH is 1. The van der Waals surface area contributed by atoms with Crippen LogP contribution >= 0.6 is 0 Å². The molecule has 4 N–H and O–H groups in total. The lowest BCUT2D eigenvalue weighted by atomic mass is 10.1. The van der Waals surface area contributed by atoms with Crippen LogP contribution in [0.2, 0.25) is 0 Å². The molecule has 0 aliphatic carbocycles. The molecule has 4 heteroatoms. The average Bonchev–Trinajstić information content (AvgIpc) is 2.35. The molecule has 0 saturated heterocycles. The molecule has 0 atom stereocenters. The van der Waals surface area contributed by atoms with Crippen molar-refractivity contribution in [3.8, 4) is 17.2 Å². The van der Waals surface area contributed by atoms with Gasteiger partial charge in [0.05, 0.1) is 6.61 Å². The fraction of sp³-hybridized carbons (Fsp3) is 0.0667. The van der Waals surface area contributed by atoms with E-state index in [1.807, 2.05) is 0 Å². The standard InChI is InChI=1S/C15H14O4/c16-9-12-4-3-10(7-15(12)19)1-2-11-5-13(17)8-14(18)6-11/h1-8,16-19H,9H2/b2-1+. The van der Waals surface area contributed by atoms with Gasteiger partial charge in [0.1, 0.15) is 17.2 Å². The Kier molecular flexibility index (Phi) is 3.73. The molecular formula is C15H14O4. The predicted molar refractivity (Wildman–Crippen MR) is 72.7 cm³/mol. The van der Waals surface area contributed by atoms with Crippen LogP contribution in [0.25, 0.3) is 12.2 Å². The summed E-state index contributed by atoms with van der Waals surface area (Å²) >= 11 is 0. The molecule has 0 saturated carbocycles. The summed E-state index contributed by atoms with van der Waals surface area (Å²) in [6.45, 7) is -0.212. The van der Waals surface area contributed by atoms with Crippen molar-refractivity contribution in [2.75, 3.05) is 0 Å². The maximum atomic E-state index is 9.60. The van der Waals surface area contributed by atoms with E-state index in [-0.39, 0.29) is 23.9 Å². The van der Waals surface area contributed by atoms with E-state index in [4.69, 9.17) is 5.11 Å². The third-order valence-corrected chi connectivity index (χ3v) is 2.67. The minimum absolute atomic E-state index is 0.0156. The summed E-state index contributed by atoms with van der Waals surface area (Å²) in [5.41, 5.74) is 1.85. The smallest absolute Gasteiger partial charge is 0.121 e. The van der Waals surface area contributed by atoms with Gasteiger partial charge >= 0.3 is 0 Å². The van der Waals surface area contributed by atoms with Crippen LogP contribution in [0.15, 0.2) is 36.4 Å². The van der Waals surface area contributed by atoms with Crippen LogP contribution in [0, 0.1) is 0 Å². The van der Waals surface area contributed by atoms with E-state index in [1.165, 1.54) is 24.3 Å². The zero-order valence-corrected chi connectivity index (χ0v) is 10.1. The zero-order chi connectivity index (χ0) is 13.8. The van der Waals surface area contributed by atoms with Crippen molar-refractivity contribution in [3.63, 3.8) is 0 Å². The molecule has 0 aromatic heterocycles. The van der Waals surface area contributed by atoms with Gasteiger partial charge in [0.15, 0.2) is 0 Å². The minimum atomic E-state index is -0.212. The number of phenols is 3. The largest absolute Gasteiger partial charge is 0.508 e. The van der Waals surface area contributed by atoms with E-state index in [2.05, 4.69) is 0 Å². The molecule has 0 unspecified atom stereocenters. The van der Waals surface area contributed by atoms with Crippen molar-refractivity contribution in [2.24, 2.45) is 0 Å². The lowest BCUT2D eigenvalue weighted by Gasteiger charge is -2.02. The van der Waals surface area contributed by atoms with Crippen molar-refractivity contribution >= 4 is 12.2 Å². The summed E-state index contributed by atoms with van der Waals surface area (Å²) in [5.74, 6) is -0.000317. The summed E-state index contributed by atoms with van der Waals surface area (Å²) in [7, 11) is 0. The highest BCUT2D eigenvalue weighted by Crippen LogP contribution is 2.23. The van der Waals surface area contributed by atoms with E-state index in [9.17, 15) is 15.3 Å². The minimum Gasteiger partial charge on any atom is -0.508 e. The normalized spacial score (nSPS) is 11.0. The van der Waals surface area contributed by atoms with E-state index in [1.54, 1.807) is 24.3 Å². The first-order valence-electron chi connectivity index (χ1n) is 5.72. The van der Waals surface area contributed by atoms with Gasteiger partial charge in [-0.1, -0.05) is 24.3 Å². The topological polar surface area (TPSA) is 80.9 Å². The molecule has 0 spiro atoms. The maximum Gasteiger partial charge on any atom is 0.121 e. The molecule has 0 heterocycles.